The molecule has 13 heavy (non-hydrogen) atoms. The van der Waals surface area contributed by atoms with Gasteiger partial charge in [-0.3, -0.25) is 5.43 Å². The van der Waals surface area contributed by atoms with Crippen LogP contribution in [0.2, 0.25) is 0 Å². The summed E-state index contributed by atoms with van der Waals surface area (Å²) in [4.78, 5) is 0. The van der Waals surface area contributed by atoms with Gasteiger partial charge in [-0.15, -0.1) is 0 Å². The Morgan fingerprint density at radius 2 is 1.77 bits per heavy atom. The molecule has 80 valence electrons. The molecule has 1 unspecified atom stereocenters. The van der Waals surface area contributed by atoms with Crippen LogP contribution in [0, 0.1) is 0 Å². The lowest BCUT2D eigenvalue weighted by molar-refractivity contribution is 0.0298. The Kier molecular flexibility index (Phi) is 5.57. The second-order valence-corrected chi connectivity index (χ2v) is 4.71. The van der Waals surface area contributed by atoms with Gasteiger partial charge in [0, 0.05) is 18.1 Å². The first-order valence-corrected chi connectivity index (χ1v) is 5.46. The van der Waals surface area contributed by atoms with Crippen LogP contribution in [0.15, 0.2) is 0 Å². The quantitative estimate of drug-likeness (QED) is 0.664. The predicted octanol–water partition coefficient (Wildman–Crippen LogP) is 2.80. The molecular weight excluding hydrogens is 160 g/mol. The van der Waals surface area contributed by atoms with Gasteiger partial charge in [0.1, 0.15) is 0 Å². The monoisotopic (exact) mass is 186 g/mol. The minimum Gasteiger partial charge on any atom is -0.254 e. The van der Waals surface area contributed by atoms with Crippen molar-refractivity contribution in [1.82, 2.24) is 10.4 Å². The molecule has 0 aliphatic rings. The molecule has 0 aromatic rings. The largest absolute Gasteiger partial charge is 0.254 e. The molecule has 0 fully saturated rings. The molecule has 2 nitrogen and oxygen atoms in total. The van der Waals surface area contributed by atoms with Crippen molar-refractivity contribution in [3.8, 4) is 0 Å². The number of nitrogens with zero attached hydrogens (tertiary/aromatic N) is 1. The molecule has 0 heterocycles. The highest BCUT2D eigenvalue weighted by Crippen LogP contribution is 2.15. The Morgan fingerprint density at radius 3 is 2.08 bits per heavy atom. The van der Waals surface area contributed by atoms with Crippen LogP contribution in [0.3, 0.4) is 0 Å². The molecule has 0 saturated heterocycles. The molecule has 0 aromatic heterocycles. The molecule has 0 spiro atoms. The Morgan fingerprint density at radius 1 is 1.23 bits per heavy atom. The number of hydrogen-bond acceptors (Lipinski definition) is 2. The smallest absolute Gasteiger partial charge is 0.0272 e. The molecule has 0 aliphatic carbocycles. The average molecular weight is 186 g/mol. The van der Waals surface area contributed by atoms with Crippen LogP contribution < -0.4 is 5.43 Å². The topological polar surface area (TPSA) is 15.3 Å². The van der Waals surface area contributed by atoms with Crippen molar-refractivity contribution in [2.75, 3.05) is 6.54 Å². The van der Waals surface area contributed by atoms with Crippen LogP contribution in [0.4, 0.5) is 0 Å². The average Bonchev–Trinajstić information content (AvgIpc) is 2.02. The summed E-state index contributed by atoms with van der Waals surface area (Å²) in [5, 5.41) is 2.37. The Labute approximate surface area is 83.7 Å². The summed E-state index contributed by atoms with van der Waals surface area (Å²) < 4.78 is 0. The van der Waals surface area contributed by atoms with Crippen molar-refractivity contribution in [1.29, 1.82) is 0 Å². The van der Waals surface area contributed by atoms with Crippen LogP contribution in [-0.2, 0) is 0 Å². The van der Waals surface area contributed by atoms with E-state index in [1.165, 1.54) is 12.8 Å². The zero-order valence-corrected chi connectivity index (χ0v) is 10.1. The van der Waals surface area contributed by atoms with Gasteiger partial charge in [-0.25, -0.2) is 5.01 Å². The molecule has 0 bridgehead atoms. The third-order valence-corrected chi connectivity index (χ3v) is 2.29. The van der Waals surface area contributed by atoms with E-state index in [1.54, 1.807) is 0 Å². The normalized spacial score (nSPS) is 15.0. The first-order valence-electron chi connectivity index (χ1n) is 5.46. The minimum atomic E-state index is 0.213. The molecule has 0 aliphatic heterocycles. The number of rotatable bonds is 5. The Balaban J connectivity index is 4.19. The van der Waals surface area contributed by atoms with Crippen LogP contribution in [-0.4, -0.2) is 23.1 Å². The van der Waals surface area contributed by atoms with Crippen molar-refractivity contribution in [2.24, 2.45) is 0 Å². The fraction of sp³-hybridized carbons (Fsp3) is 1.00. The zero-order chi connectivity index (χ0) is 10.5. The predicted molar refractivity (Wildman–Crippen MR) is 59.6 cm³/mol. The summed E-state index contributed by atoms with van der Waals surface area (Å²) in [5.74, 6) is 0. The summed E-state index contributed by atoms with van der Waals surface area (Å²) in [5.41, 5.74) is 3.71. The highest BCUT2D eigenvalue weighted by Gasteiger charge is 2.24. The molecular formula is C11H26N2. The van der Waals surface area contributed by atoms with Gasteiger partial charge in [-0.1, -0.05) is 13.8 Å². The van der Waals surface area contributed by atoms with E-state index in [4.69, 9.17) is 0 Å². The van der Waals surface area contributed by atoms with Gasteiger partial charge in [-0.05, 0) is 40.5 Å². The SMILES string of the molecule is CCCNN(C(C)CC)C(C)(C)C. The fourth-order valence-electron chi connectivity index (χ4n) is 1.47. The third-order valence-electron chi connectivity index (χ3n) is 2.29. The summed E-state index contributed by atoms with van der Waals surface area (Å²) in [6.07, 6.45) is 2.37. The van der Waals surface area contributed by atoms with Gasteiger partial charge < -0.3 is 0 Å². The summed E-state index contributed by atoms with van der Waals surface area (Å²) in [7, 11) is 0. The molecule has 0 radical (unpaired) electrons. The standard InChI is InChI=1S/C11H26N2/c1-7-9-12-13(10(3)8-2)11(4,5)6/h10,12H,7-9H2,1-6H3. The van der Waals surface area contributed by atoms with Gasteiger partial charge in [0.2, 0.25) is 0 Å². The summed E-state index contributed by atoms with van der Waals surface area (Å²) in [6.45, 7) is 14.5. The first kappa shape index (κ1) is 12.9. The molecule has 0 amide bonds. The van der Waals surface area contributed by atoms with Crippen LogP contribution >= 0.6 is 0 Å². The lowest BCUT2D eigenvalue weighted by atomic mass is 10.1. The fourth-order valence-corrected chi connectivity index (χ4v) is 1.47. The van der Waals surface area contributed by atoms with Gasteiger partial charge in [0.15, 0.2) is 0 Å². The van der Waals surface area contributed by atoms with Crippen molar-refractivity contribution in [2.45, 2.75) is 66.0 Å². The molecule has 1 N–H and O–H groups in total. The number of hydrazine groups is 1. The van der Waals surface area contributed by atoms with E-state index in [0.29, 0.717) is 6.04 Å². The zero-order valence-electron chi connectivity index (χ0n) is 10.1. The van der Waals surface area contributed by atoms with E-state index in [0.717, 1.165) is 6.54 Å². The van der Waals surface area contributed by atoms with E-state index in [2.05, 4.69) is 52.0 Å². The summed E-state index contributed by atoms with van der Waals surface area (Å²) >= 11 is 0. The van der Waals surface area contributed by atoms with E-state index in [-0.39, 0.29) is 5.54 Å². The number of nitrogens with one attached hydrogen (secondary N) is 1. The van der Waals surface area contributed by atoms with E-state index < -0.39 is 0 Å². The maximum absolute atomic E-state index is 3.49. The molecule has 0 saturated carbocycles. The summed E-state index contributed by atoms with van der Waals surface area (Å²) in [6, 6.07) is 0.603. The highest BCUT2D eigenvalue weighted by atomic mass is 15.5. The van der Waals surface area contributed by atoms with E-state index >= 15 is 0 Å². The lowest BCUT2D eigenvalue weighted by Crippen LogP contribution is -2.54. The molecule has 1 atom stereocenters. The van der Waals surface area contributed by atoms with Gasteiger partial charge in [-0.2, -0.15) is 0 Å². The second kappa shape index (κ2) is 5.61. The molecule has 0 aromatic carbocycles. The van der Waals surface area contributed by atoms with Crippen molar-refractivity contribution < 1.29 is 0 Å². The maximum Gasteiger partial charge on any atom is 0.0272 e. The van der Waals surface area contributed by atoms with Gasteiger partial charge in [0.05, 0.1) is 0 Å². The van der Waals surface area contributed by atoms with Gasteiger partial charge in [0.25, 0.3) is 0 Å². The van der Waals surface area contributed by atoms with Crippen LogP contribution in [0.25, 0.3) is 0 Å². The minimum absolute atomic E-state index is 0.213. The van der Waals surface area contributed by atoms with E-state index in [9.17, 15) is 0 Å². The van der Waals surface area contributed by atoms with Crippen molar-refractivity contribution in [3.05, 3.63) is 0 Å². The maximum atomic E-state index is 3.49. The second-order valence-electron chi connectivity index (χ2n) is 4.71. The Bertz CT molecular complexity index is 127. The van der Waals surface area contributed by atoms with Crippen molar-refractivity contribution in [3.63, 3.8) is 0 Å². The highest BCUT2D eigenvalue weighted by molar-refractivity contribution is 4.77. The lowest BCUT2D eigenvalue weighted by Gasteiger charge is -2.40. The Hall–Kier alpha value is -0.0800. The number of hydrogen-bond donors (Lipinski definition) is 1. The van der Waals surface area contributed by atoms with E-state index in [1.807, 2.05) is 0 Å². The van der Waals surface area contributed by atoms with Crippen LogP contribution in [0.1, 0.15) is 54.4 Å². The van der Waals surface area contributed by atoms with Crippen molar-refractivity contribution >= 4 is 0 Å². The van der Waals surface area contributed by atoms with Gasteiger partial charge >= 0.3 is 0 Å². The van der Waals surface area contributed by atoms with Crippen LogP contribution in [0.5, 0.6) is 0 Å². The first-order chi connectivity index (χ1) is 5.93. The molecule has 2 heteroatoms. The molecule has 0 rings (SSSR count). The third kappa shape index (κ3) is 4.63.